The van der Waals surface area contributed by atoms with Gasteiger partial charge >= 0.3 is 0 Å². The average molecular weight is 246 g/mol. The quantitative estimate of drug-likeness (QED) is 0.362. The Morgan fingerprint density at radius 1 is 1.44 bits per heavy atom. The lowest BCUT2D eigenvalue weighted by molar-refractivity contribution is 0.304. The van der Waals surface area contributed by atoms with Crippen LogP contribution in [0.3, 0.4) is 0 Å². The van der Waals surface area contributed by atoms with Crippen LogP contribution >= 0.6 is 0 Å². The summed E-state index contributed by atoms with van der Waals surface area (Å²) in [5.74, 6) is 0.724. The highest BCUT2D eigenvalue weighted by molar-refractivity contribution is 6.00. The van der Waals surface area contributed by atoms with Crippen LogP contribution in [0.4, 0.5) is 0 Å². The minimum Gasteiger partial charge on any atom is -0.493 e. The summed E-state index contributed by atoms with van der Waals surface area (Å²) < 4.78 is 5.69. The Labute approximate surface area is 108 Å². The van der Waals surface area contributed by atoms with Crippen molar-refractivity contribution in [3.8, 4) is 11.8 Å². The third-order valence-electron chi connectivity index (χ3n) is 2.62. The van der Waals surface area contributed by atoms with Crippen molar-refractivity contribution in [2.24, 2.45) is 5.16 Å². The second-order valence-electron chi connectivity index (χ2n) is 4.15. The van der Waals surface area contributed by atoms with Crippen molar-refractivity contribution in [1.82, 2.24) is 0 Å². The zero-order chi connectivity index (χ0) is 13.4. The highest BCUT2D eigenvalue weighted by Gasteiger charge is 2.07. The van der Waals surface area contributed by atoms with Crippen LogP contribution in [0.1, 0.15) is 37.3 Å². The number of oxime groups is 1. The molecule has 0 aliphatic heterocycles. The molecule has 0 unspecified atom stereocenters. The number of unbranched alkanes of at least 4 members (excludes halogenated alkanes) is 2. The number of hydrogen-bond acceptors (Lipinski definition) is 4. The fraction of sp³-hybridized carbons (Fsp3) is 0.429. The summed E-state index contributed by atoms with van der Waals surface area (Å²) in [6, 6.07) is 7.87. The predicted molar refractivity (Wildman–Crippen MR) is 70.1 cm³/mol. The van der Waals surface area contributed by atoms with E-state index >= 15 is 0 Å². The maximum absolute atomic E-state index is 8.82. The molecule has 0 radical (unpaired) electrons. The van der Waals surface area contributed by atoms with Gasteiger partial charge in [0.1, 0.15) is 5.75 Å². The number of nitrogens with zero attached hydrogens (tertiary/aromatic N) is 2. The van der Waals surface area contributed by atoms with Gasteiger partial charge in [0.25, 0.3) is 0 Å². The molecule has 1 rings (SSSR count). The Balaban J connectivity index is 2.68. The monoisotopic (exact) mass is 246 g/mol. The second-order valence-corrected chi connectivity index (χ2v) is 4.15. The molecule has 4 heteroatoms. The molecule has 4 nitrogen and oxygen atoms in total. The molecular weight excluding hydrogens is 228 g/mol. The van der Waals surface area contributed by atoms with Gasteiger partial charge in [-0.3, -0.25) is 0 Å². The molecule has 0 amide bonds. The van der Waals surface area contributed by atoms with Crippen molar-refractivity contribution in [2.75, 3.05) is 6.61 Å². The van der Waals surface area contributed by atoms with Gasteiger partial charge in [-0.15, -0.1) is 0 Å². The van der Waals surface area contributed by atoms with Gasteiger partial charge in [-0.05, 0) is 44.4 Å². The van der Waals surface area contributed by atoms with Gasteiger partial charge in [-0.2, -0.15) is 5.26 Å². The largest absolute Gasteiger partial charge is 0.493 e. The van der Waals surface area contributed by atoms with Crippen LogP contribution in [0, 0.1) is 18.3 Å². The number of rotatable bonds is 6. The Hall–Kier alpha value is -2.02. The summed E-state index contributed by atoms with van der Waals surface area (Å²) >= 11 is 0. The predicted octanol–water partition coefficient (Wildman–Crippen LogP) is 3.27. The van der Waals surface area contributed by atoms with Crippen LogP contribution in [-0.4, -0.2) is 17.5 Å². The summed E-state index contributed by atoms with van der Waals surface area (Å²) in [7, 11) is 0. The van der Waals surface area contributed by atoms with Crippen LogP contribution in [0.25, 0.3) is 0 Å². The van der Waals surface area contributed by atoms with E-state index in [1.807, 2.05) is 25.1 Å². The SMILES string of the molecule is CC(=NO)c1ccc(C)cc1OCCCCC#N. The fourth-order valence-corrected chi connectivity index (χ4v) is 1.59. The highest BCUT2D eigenvalue weighted by atomic mass is 16.5. The third kappa shape index (κ3) is 4.10. The summed E-state index contributed by atoms with van der Waals surface area (Å²) in [5, 5.41) is 20.5. The molecule has 0 heterocycles. The van der Waals surface area contributed by atoms with Gasteiger partial charge in [0.2, 0.25) is 0 Å². The summed E-state index contributed by atoms with van der Waals surface area (Å²) in [4.78, 5) is 0. The van der Waals surface area contributed by atoms with Gasteiger partial charge in [-0.1, -0.05) is 11.2 Å². The van der Waals surface area contributed by atoms with Crippen molar-refractivity contribution in [1.29, 1.82) is 5.26 Å². The Bertz CT molecular complexity index is 461. The fourth-order valence-electron chi connectivity index (χ4n) is 1.59. The zero-order valence-electron chi connectivity index (χ0n) is 10.8. The topological polar surface area (TPSA) is 65.6 Å². The molecule has 1 aromatic carbocycles. The lowest BCUT2D eigenvalue weighted by atomic mass is 10.1. The van der Waals surface area contributed by atoms with E-state index in [1.54, 1.807) is 6.92 Å². The Morgan fingerprint density at radius 2 is 2.22 bits per heavy atom. The van der Waals surface area contributed by atoms with Crippen molar-refractivity contribution < 1.29 is 9.94 Å². The third-order valence-corrected chi connectivity index (χ3v) is 2.62. The van der Waals surface area contributed by atoms with E-state index < -0.39 is 0 Å². The van der Waals surface area contributed by atoms with E-state index in [-0.39, 0.29) is 0 Å². The molecule has 0 spiro atoms. The van der Waals surface area contributed by atoms with Gasteiger partial charge < -0.3 is 9.94 Å². The molecular formula is C14H18N2O2. The second kappa shape index (κ2) is 7.33. The minimum absolute atomic E-state index is 0.530. The van der Waals surface area contributed by atoms with Crippen LogP contribution in [0.5, 0.6) is 5.75 Å². The molecule has 0 aliphatic carbocycles. The minimum atomic E-state index is 0.530. The first-order chi connectivity index (χ1) is 8.69. The first kappa shape index (κ1) is 14.0. The lowest BCUT2D eigenvalue weighted by Gasteiger charge is -2.11. The Morgan fingerprint density at radius 3 is 2.89 bits per heavy atom. The molecule has 0 atom stereocenters. The van der Waals surface area contributed by atoms with E-state index in [4.69, 9.17) is 15.2 Å². The molecule has 96 valence electrons. The molecule has 18 heavy (non-hydrogen) atoms. The molecule has 0 bridgehead atoms. The highest BCUT2D eigenvalue weighted by Crippen LogP contribution is 2.21. The lowest BCUT2D eigenvalue weighted by Crippen LogP contribution is -2.04. The number of hydrogen-bond donors (Lipinski definition) is 1. The van der Waals surface area contributed by atoms with E-state index in [0.717, 1.165) is 29.7 Å². The van der Waals surface area contributed by atoms with Crippen LogP contribution in [0.2, 0.25) is 0 Å². The molecule has 0 saturated carbocycles. The average Bonchev–Trinajstić information content (AvgIpc) is 2.38. The number of benzene rings is 1. The zero-order valence-corrected chi connectivity index (χ0v) is 10.8. The molecule has 1 aromatic rings. The number of ether oxygens (including phenoxy) is 1. The van der Waals surface area contributed by atoms with Gasteiger partial charge in [-0.25, -0.2) is 0 Å². The number of nitriles is 1. The Kier molecular flexibility index (Phi) is 5.72. The smallest absolute Gasteiger partial charge is 0.128 e. The van der Waals surface area contributed by atoms with Gasteiger partial charge in [0.05, 0.1) is 18.4 Å². The van der Waals surface area contributed by atoms with Crippen molar-refractivity contribution in [3.63, 3.8) is 0 Å². The molecule has 0 saturated heterocycles. The summed E-state index contributed by atoms with van der Waals surface area (Å²) in [6.45, 7) is 4.28. The maximum atomic E-state index is 8.82. The van der Waals surface area contributed by atoms with Crippen molar-refractivity contribution >= 4 is 5.71 Å². The molecule has 0 fully saturated rings. The molecule has 1 N–H and O–H groups in total. The van der Waals surface area contributed by atoms with Crippen molar-refractivity contribution in [3.05, 3.63) is 29.3 Å². The first-order valence-corrected chi connectivity index (χ1v) is 5.98. The number of aryl methyl sites for hydroxylation is 1. The van der Waals surface area contributed by atoms with Crippen molar-refractivity contribution in [2.45, 2.75) is 33.1 Å². The first-order valence-electron chi connectivity index (χ1n) is 5.98. The van der Waals surface area contributed by atoms with E-state index in [1.165, 1.54) is 0 Å². The van der Waals surface area contributed by atoms with Crippen LogP contribution in [0.15, 0.2) is 23.4 Å². The molecule has 0 aromatic heterocycles. The van der Waals surface area contributed by atoms with Crippen LogP contribution < -0.4 is 4.74 Å². The van der Waals surface area contributed by atoms with E-state index in [2.05, 4.69) is 11.2 Å². The van der Waals surface area contributed by atoms with Crippen LogP contribution in [-0.2, 0) is 0 Å². The molecule has 0 aliphatic rings. The summed E-state index contributed by atoms with van der Waals surface area (Å²) in [6.07, 6.45) is 2.24. The van der Waals surface area contributed by atoms with Gasteiger partial charge in [0, 0.05) is 12.0 Å². The van der Waals surface area contributed by atoms with E-state index in [9.17, 15) is 0 Å². The standard InChI is InChI=1S/C14H18N2O2/c1-11-6-7-13(12(2)16-17)14(10-11)18-9-5-3-4-8-15/h6-7,10,17H,3-5,9H2,1-2H3. The summed E-state index contributed by atoms with van der Waals surface area (Å²) in [5.41, 5.74) is 2.42. The van der Waals surface area contributed by atoms with Gasteiger partial charge in [0.15, 0.2) is 0 Å². The van der Waals surface area contributed by atoms with E-state index in [0.29, 0.717) is 18.7 Å². The maximum Gasteiger partial charge on any atom is 0.128 e. The normalized spacial score (nSPS) is 11.1.